The van der Waals surface area contributed by atoms with Crippen molar-refractivity contribution >= 4 is 53.2 Å². The van der Waals surface area contributed by atoms with Crippen LogP contribution in [0.4, 0.5) is 26.3 Å². The second kappa shape index (κ2) is 13.8. The molecule has 0 aliphatic rings. The second-order valence-corrected chi connectivity index (χ2v) is 8.58. The molecule has 0 saturated heterocycles. The summed E-state index contributed by atoms with van der Waals surface area (Å²) in [7, 11) is 0. The van der Waals surface area contributed by atoms with Crippen LogP contribution in [0.5, 0.6) is 0 Å². The smallest absolute Gasteiger partial charge is 0.355 e. The Bertz CT molecular complexity index is 1070. The summed E-state index contributed by atoms with van der Waals surface area (Å²) in [6, 6.07) is 7.40. The molecule has 0 heterocycles. The first kappa shape index (κ1) is 31.6. The zero-order valence-electron chi connectivity index (χ0n) is 18.8. The van der Waals surface area contributed by atoms with E-state index in [2.05, 4.69) is 5.32 Å². The Morgan fingerprint density at radius 1 is 1.03 bits per heavy atom. The fraction of sp³-hybridized carbons (Fsp3) is 0.304. The Kier molecular flexibility index (Phi) is 12.1. The molecule has 2 aromatic carbocycles. The molecule has 2 rings (SSSR count). The predicted octanol–water partition coefficient (Wildman–Crippen LogP) is 7.25. The lowest BCUT2D eigenvalue weighted by Crippen LogP contribution is -2.31. The van der Waals surface area contributed by atoms with E-state index in [4.69, 9.17) is 34.8 Å². The quantitative estimate of drug-likeness (QED) is 0.269. The van der Waals surface area contributed by atoms with Gasteiger partial charge in [-0.25, -0.2) is 0 Å². The summed E-state index contributed by atoms with van der Waals surface area (Å²) in [6.07, 6.45) is -5.87. The summed E-state index contributed by atoms with van der Waals surface area (Å²) < 4.78 is 74.3. The first-order chi connectivity index (χ1) is 16.5. The van der Waals surface area contributed by atoms with E-state index in [1.54, 1.807) is 24.4 Å². The number of halogens is 9. The number of aryl methyl sites for hydroxylation is 1. The molecule has 1 unspecified atom stereocenters. The molecule has 2 amide bonds. The number of carbonyl (C=O) groups excluding carboxylic acids is 2. The Balaban J connectivity index is 0.000000613. The topological polar surface area (TPSA) is 58.2 Å². The molecule has 2 aromatic rings. The summed E-state index contributed by atoms with van der Waals surface area (Å²) in [6.45, 7) is 1.62. The lowest BCUT2D eigenvalue weighted by atomic mass is 9.95. The number of alkyl halides is 6. The highest BCUT2D eigenvalue weighted by Gasteiger charge is 2.39. The molecule has 198 valence electrons. The van der Waals surface area contributed by atoms with Gasteiger partial charge in [-0.2, -0.15) is 26.3 Å². The van der Waals surface area contributed by atoms with Gasteiger partial charge < -0.3 is 10.6 Å². The highest BCUT2D eigenvalue weighted by Crippen LogP contribution is 2.39. The molecule has 0 aliphatic carbocycles. The first-order valence-corrected chi connectivity index (χ1v) is 11.2. The molecule has 0 spiro atoms. The zero-order chi connectivity index (χ0) is 27.7. The summed E-state index contributed by atoms with van der Waals surface area (Å²) in [5.74, 6) is -2.52. The van der Waals surface area contributed by atoms with Gasteiger partial charge in [0.25, 0.3) is 0 Å². The maximum absolute atomic E-state index is 13.6. The van der Waals surface area contributed by atoms with E-state index >= 15 is 0 Å². The maximum Gasteiger partial charge on any atom is 0.405 e. The number of nitrogens with one attached hydrogen (secondary N) is 2. The normalized spacial score (nSPS) is 12.5. The van der Waals surface area contributed by atoms with Gasteiger partial charge in [0.15, 0.2) is 0 Å². The number of benzene rings is 2. The van der Waals surface area contributed by atoms with Gasteiger partial charge in [-0.3, -0.25) is 9.59 Å². The van der Waals surface area contributed by atoms with Crippen molar-refractivity contribution in [2.45, 2.75) is 38.7 Å². The van der Waals surface area contributed by atoms with Gasteiger partial charge in [0.1, 0.15) is 6.54 Å². The van der Waals surface area contributed by atoms with Crippen molar-refractivity contribution < 1.29 is 35.9 Å². The van der Waals surface area contributed by atoms with Crippen LogP contribution >= 0.6 is 34.8 Å². The first-order valence-electron chi connectivity index (χ1n) is 10.0. The van der Waals surface area contributed by atoms with E-state index in [9.17, 15) is 35.9 Å². The molecule has 0 aliphatic heterocycles. The molecule has 13 heteroatoms. The Hall–Kier alpha value is -2.43. The average molecular weight is 578 g/mol. The molecule has 36 heavy (non-hydrogen) atoms. The van der Waals surface area contributed by atoms with Crippen LogP contribution in [0, 0.1) is 6.92 Å². The second-order valence-electron chi connectivity index (χ2n) is 7.39. The van der Waals surface area contributed by atoms with E-state index < -0.39 is 30.7 Å². The minimum atomic E-state index is -4.50. The van der Waals surface area contributed by atoms with Crippen molar-refractivity contribution in [1.82, 2.24) is 10.6 Å². The number of hydrogen-bond acceptors (Lipinski definition) is 2. The van der Waals surface area contributed by atoms with E-state index in [-0.39, 0.29) is 22.2 Å². The largest absolute Gasteiger partial charge is 0.405 e. The number of hydrogen-bond donors (Lipinski definition) is 2. The van der Waals surface area contributed by atoms with E-state index in [1.807, 2.05) is 0 Å². The molecule has 2 N–H and O–H groups in total. The van der Waals surface area contributed by atoms with E-state index in [1.165, 1.54) is 24.3 Å². The fourth-order valence-electron chi connectivity index (χ4n) is 2.74. The Morgan fingerprint density at radius 3 is 2.11 bits per heavy atom. The zero-order valence-corrected chi connectivity index (χ0v) is 21.1. The molecule has 0 saturated carbocycles. The van der Waals surface area contributed by atoms with Crippen molar-refractivity contribution in [2.24, 2.45) is 0 Å². The highest BCUT2D eigenvalue weighted by atomic mass is 35.5. The molecule has 1 atom stereocenters. The van der Waals surface area contributed by atoms with Gasteiger partial charge >= 0.3 is 12.4 Å². The lowest BCUT2D eigenvalue weighted by Gasteiger charge is -2.19. The SMILES string of the molecule is CC(=O)NCC(F)(F)F.Cc1cc(C(/C=C/c2ccc(CNC=O)c(Cl)c2)C(F)(F)F)cc(Cl)c1Cl. The molecule has 0 radical (unpaired) electrons. The van der Waals surface area contributed by atoms with Crippen LogP contribution in [0.1, 0.15) is 35.1 Å². The minimum Gasteiger partial charge on any atom is -0.355 e. The van der Waals surface area contributed by atoms with Crippen molar-refractivity contribution in [3.05, 3.63) is 73.7 Å². The molecule has 4 nitrogen and oxygen atoms in total. The molecular weight excluding hydrogens is 557 g/mol. The van der Waals surface area contributed by atoms with Crippen molar-refractivity contribution in [3.63, 3.8) is 0 Å². The number of allylic oxidation sites excluding steroid dienone is 1. The predicted molar refractivity (Wildman–Crippen MR) is 128 cm³/mol. The minimum absolute atomic E-state index is 0.00329. The Morgan fingerprint density at radius 2 is 1.67 bits per heavy atom. The van der Waals surface area contributed by atoms with Crippen LogP contribution in [0.25, 0.3) is 6.08 Å². The Labute approximate surface area is 218 Å². The van der Waals surface area contributed by atoms with Crippen LogP contribution in [0.2, 0.25) is 15.1 Å². The van der Waals surface area contributed by atoms with Crippen molar-refractivity contribution in [2.75, 3.05) is 6.54 Å². The van der Waals surface area contributed by atoms with Crippen molar-refractivity contribution in [1.29, 1.82) is 0 Å². The summed E-state index contributed by atoms with van der Waals surface area (Å²) in [5.41, 5.74) is 1.63. The monoisotopic (exact) mass is 576 g/mol. The third kappa shape index (κ3) is 11.1. The van der Waals surface area contributed by atoms with E-state index in [0.717, 1.165) is 13.0 Å². The maximum atomic E-state index is 13.6. The summed E-state index contributed by atoms with van der Waals surface area (Å²) in [5, 5.41) is 4.75. The van der Waals surface area contributed by atoms with Gasteiger partial charge in [0.05, 0.1) is 16.0 Å². The number of carbonyl (C=O) groups is 2. The standard InChI is InChI=1S/C19H15Cl3F3NO.C4H6F3NO/c1-11-6-14(8-17(21)18(11)22)15(19(23,24)25)5-3-12-2-4-13(9-26-10-27)16(20)7-12;1-3(9)8-2-4(5,6)7/h2-8,10,15H,9H2,1H3,(H,26,27);2H2,1H3,(H,8,9)/b5-3+;. The van der Waals surface area contributed by atoms with Gasteiger partial charge in [-0.15, -0.1) is 0 Å². The molecule has 0 aromatic heterocycles. The molecule has 0 fully saturated rings. The van der Waals surface area contributed by atoms with Crippen LogP contribution in [0.3, 0.4) is 0 Å². The van der Waals surface area contributed by atoms with Crippen molar-refractivity contribution in [3.8, 4) is 0 Å². The van der Waals surface area contributed by atoms with Crippen LogP contribution in [-0.2, 0) is 16.1 Å². The summed E-state index contributed by atoms with van der Waals surface area (Å²) >= 11 is 18.0. The third-order valence-corrected chi connectivity index (χ3v) is 5.66. The van der Waals surface area contributed by atoms with Crippen LogP contribution in [0.15, 0.2) is 36.4 Å². The number of rotatable bonds is 7. The van der Waals surface area contributed by atoms with Crippen LogP contribution < -0.4 is 10.6 Å². The number of amides is 2. The van der Waals surface area contributed by atoms with Crippen LogP contribution in [-0.4, -0.2) is 31.2 Å². The lowest BCUT2D eigenvalue weighted by molar-refractivity contribution is -0.139. The van der Waals surface area contributed by atoms with E-state index in [0.29, 0.717) is 28.1 Å². The van der Waals surface area contributed by atoms with Gasteiger partial charge in [0.2, 0.25) is 12.3 Å². The summed E-state index contributed by atoms with van der Waals surface area (Å²) in [4.78, 5) is 20.2. The molecule has 0 bridgehead atoms. The van der Waals surface area contributed by atoms with Gasteiger partial charge in [-0.1, -0.05) is 65.2 Å². The average Bonchev–Trinajstić information content (AvgIpc) is 2.74. The van der Waals surface area contributed by atoms with Gasteiger partial charge in [0, 0.05) is 18.5 Å². The molecular formula is C23H21Cl3F6N2O2. The highest BCUT2D eigenvalue weighted by molar-refractivity contribution is 6.42. The van der Waals surface area contributed by atoms with Gasteiger partial charge in [-0.05, 0) is 41.3 Å². The third-order valence-electron chi connectivity index (χ3n) is 4.42. The fourth-order valence-corrected chi connectivity index (χ4v) is 3.38.